The number of aryl methyl sites for hydroxylation is 2. The second-order valence-electron chi connectivity index (χ2n) is 7.56. The zero-order chi connectivity index (χ0) is 21.8. The Morgan fingerprint density at radius 3 is 2.71 bits per heavy atom. The SMILES string of the molecule is Cc1sc2ncnc(NCC(=O)NC[C@@H](c3ccc(F)cc3)N3CCOCC3)c2c1C. The van der Waals surface area contributed by atoms with E-state index in [4.69, 9.17) is 4.74 Å². The smallest absolute Gasteiger partial charge is 0.239 e. The standard InChI is InChI=1S/C22H26FN5O2S/c1-14-15(2)31-22-20(14)21(26-13-27-22)25-12-19(29)24-11-18(28-7-9-30-10-8-28)16-3-5-17(23)6-4-16/h3-6,13,18H,7-12H2,1-2H3,(H,24,29)(H,25,26,27)/t18-/m0/s1. The molecule has 2 N–H and O–H groups in total. The summed E-state index contributed by atoms with van der Waals surface area (Å²) in [5.74, 6) is 0.273. The van der Waals surface area contributed by atoms with E-state index in [0.717, 1.165) is 34.4 Å². The molecule has 7 nitrogen and oxygen atoms in total. The van der Waals surface area contributed by atoms with Crippen molar-refractivity contribution in [3.63, 3.8) is 0 Å². The maximum Gasteiger partial charge on any atom is 0.239 e. The largest absolute Gasteiger partial charge is 0.379 e. The van der Waals surface area contributed by atoms with Crippen molar-refractivity contribution in [2.45, 2.75) is 19.9 Å². The number of benzene rings is 1. The van der Waals surface area contributed by atoms with Crippen LogP contribution in [0.25, 0.3) is 10.2 Å². The van der Waals surface area contributed by atoms with Crippen molar-refractivity contribution in [2.24, 2.45) is 0 Å². The summed E-state index contributed by atoms with van der Waals surface area (Å²) in [5, 5.41) is 7.13. The Morgan fingerprint density at radius 2 is 1.97 bits per heavy atom. The van der Waals surface area contributed by atoms with Crippen LogP contribution in [0.4, 0.5) is 10.2 Å². The molecule has 1 fully saturated rings. The minimum atomic E-state index is -0.271. The van der Waals surface area contributed by atoms with Crippen LogP contribution in [0.3, 0.4) is 0 Å². The van der Waals surface area contributed by atoms with Gasteiger partial charge < -0.3 is 15.4 Å². The molecule has 1 saturated heterocycles. The van der Waals surface area contributed by atoms with E-state index >= 15 is 0 Å². The van der Waals surface area contributed by atoms with Gasteiger partial charge in [0.15, 0.2) is 0 Å². The highest BCUT2D eigenvalue weighted by atomic mass is 32.1. The number of aromatic nitrogens is 2. The van der Waals surface area contributed by atoms with Crippen LogP contribution >= 0.6 is 11.3 Å². The number of nitrogens with one attached hydrogen (secondary N) is 2. The number of anilines is 1. The lowest BCUT2D eigenvalue weighted by molar-refractivity contribution is -0.119. The third-order valence-electron chi connectivity index (χ3n) is 5.62. The fourth-order valence-corrected chi connectivity index (χ4v) is 4.78. The average molecular weight is 444 g/mol. The molecule has 1 atom stereocenters. The van der Waals surface area contributed by atoms with Gasteiger partial charge in [-0.15, -0.1) is 11.3 Å². The van der Waals surface area contributed by atoms with Crippen LogP contribution in [0.5, 0.6) is 0 Å². The Bertz CT molecular complexity index is 1050. The molecule has 2 aromatic heterocycles. The summed E-state index contributed by atoms with van der Waals surface area (Å²) in [6, 6.07) is 6.43. The topological polar surface area (TPSA) is 79.4 Å². The third-order valence-corrected chi connectivity index (χ3v) is 6.73. The van der Waals surface area contributed by atoms with E-state index in [1.165, 1.54) is 23.3 Å². The number of carbonyl (C=O) groups is 1. The van der Waals surface area contributed by atoms with Crippen LogP contribution in [0.1, 0.15) is 22.0 Å². The van der Waals surface area contributed by atoms with Gasteiger partial charge in [-0.3, -0.25) is 9.69 Å². The van der Waals surface area contributed by atoms with Gasteiger partial charge in [-0.25, -0.2) is 14.4 Å². The summed E-state index contributed by atoms with van der Waals surface area (Å²) in [4.78, 5) is 25.6. The number of ether oxygens (including phenoxy) is 1. The number of morpholine rings is 1. The van der Waals surface area contributed by atoms with E-state index in [2.05, 4.69) is 32.4 Å². The molecule has 164 valence electrons. The van der Waals surface area contributed by atoms with Crippen LogP contribution in [-0.4, -0.2) is 60.2 Å². The number of fused-ring (bicyclic) bond motifs is 1. The van der Waals surface area contributed by atoms with Crippen molar-refractivity contribution < 1.29 is 13.9 Å². The zero-order valence-electron chi connectivity index (χ0n) is 17.7. The highest BCUT2D eigenvalue weighted by Crippen LogP contribution is 2.32. The summed E-state index contributed by atoms with van der Waals surface area (Å²) < 4.78 is 18.8. The van der Waals surface area contributed by atoms with Crippen LogP contribution in [-0.2, 0) is 9.53 Å². The van der Waals surface area contributed by atoms with Crippen LogP contribution in [0.2, 0.25) is 0 Å². The fourth-order valence-electron chi connectivity index (χ4n) is 3.79. The Kier molecular flexibility index (Phi) is 6.74. The van der Waals surface area contributed by atoms with Crippen molar-refractivity contribution in [3.8, 4) is 0 Å². The van der Waals surface area contributed by atoms with Crippen molar-refractivity contribution in [3.05, 3.63) is 52.4 Å². The van der Waals surface area contributed by atoms with E-state index in [0.29, 0.717) is 25.6 Å². The molecule has 1 aliphatic heterocycles. The molecule has 31 heavy (non-hydrogen) atoms. The molecule has 1 amide bonds. The van der Waals surface area contributed by atoms with Gasteiger partial charge in [-0.05, 0) is 37.1 Å². The molecule has 0 bridgehead atoms. The predicted molar refractivity (Wildman–Crippen MR) is 120 cm³/mol. The number of hydrogen-bond donors (Lipinski definition) is 2. The normalized spacial score (nSPS) is 15.7. The number of hydrogen-bond acceptors (Lipinski definition) is 7. The molecule has 0 aliphatic carbocycles. The first-order chi connectivity index (χ1) is 15.0. The number of rotatable bonds is 7. The molecule has 0 saturated carbocycles. The summed E-state index contributed by atoms with van der Waals surface area (Å²) in [6.45, 7) is 7.48. The first-order valence-electron chi connectivity index (χ1n) is 10.3. The first-order valence-corrected chi connectivity index (χ1v) is 11.1. The minimum absolute atomic E-state index is 0.0408. The van der Waals surface area contributed by atoms with Gasteiger partial charge in [0.1, 0.15) is 22.8 Å². The number of nitrogens with zero attached hydrogens (tertiary/aromatic N) is 3. The van der Waals surface area contributed by atoms with Crippen molar-refractivity contribution >= 4 is 33.3 Å². The van der Waals surface area contributed by atoms with Crippen molar-refractivity contribution in [1.82, 2.24) is 20.2 Å². The van der Waals surface area contributed by atoms with E-state index in [9.17, 15) is 9.18 Å². The van der Waals surface area contributed by atoms with Crippen LogP contribution in [0.15, 0.2) is 30.6 Å². The molecule has 0 spiro atoms. The molecule has 0 unspecified atom stereocenters. The highest BCUT2D eigenvalue weighted by molar-refractivity contribution is 7.18. The summed E-state index contributed by atoms with van der Waals surface area (Å²) >= 11 is 1.62. The monoisotopic (exact) mass is 443 g/mol. The molecule has 3 aromatic rings. The molecular weight excluding hydrogens is 417 g/mol. The van der Waals surface area contributed by atoms with E-state index in [1.54, 1.807) is 23.5 Å². The Labute approximate surface area is 184 Å². The van der Waals surface area contributed by atoms with Gasteiger partial charge in [0, 0.05) is 24.5 Å². The summed E-state index contributed by atoms with van der Waals surface area (Å²) in [6.07, 6.45) is 1.51. The van der Waals surface area contributed by atoms with Crippen molar-refractivity contribution in [1.29, 1.82) is 0 Å². The van der Waals surface area contributed by atoms with E-state index in [-0.39, 0.29) is 24.3 Å². The molecule has 9 heteroatoms. The first kappa shape index (κ1) is 21.6. The van der Waals surface area contributed by atoms with Gasteiger partial charge in [0.05, 0.1) is 31.2 Å². The van der Waals surface area contributed by atoms with Gasteiger partial charge >= 0.3 is 0 Å². The highest BCUT2D eigenvalue weighted by Gasteiger charge is 2.23. The van der Waals surface area contributed by atoms with Gasteiger partial charge in [-0.1, -0.05) is 12.1 Å². The maximum atomic E-state index is 13.4. The lowest BCUT2D eigenvalue weighted by Gasteiger charge is -2.35. The molecular formula is C22H26FN5O2S. The molecule has 1 aliphatic rings. The maximum absolute atomic E-state index is 13.4. The molecule has 0 radical (unpaired) electrons. The van der Waals surface area contributed by atoms with Crippen molar-refractivity contribution in [2.75, 3.05) is 44.7 Å². The summed E-state index contributed by atoms with van der Waals surface area (Å²) in [5.41, 5.74) is 2.10. The van der Waals surface area contributed by atoms with E-state index in [1.807, 2.05) is 6.92 Å². The van der Waals surface area contributed by atoms with Crippen LogP contribution < -0.4 is 10.6 Å². The Morgan fingerprint density at radius 1 is 1.23 bits per heavy atom. The summed E-state index contributed by atoms with van der Waals surface area (Å²) in [7, 11) is 0. The second kappa shape index (κ2) is 9.67. The van der Waals surface area contributed by atoms with Crippen LogP contribution in [0, 0.1) is 19.7 Å². The number of thiophene rings is 1. The van der Waals surface area contributed by atoms with Gasteiger partial charge in [0.2, 0.25) is 5.91 Å². The number of halogens is 1. The van der Waals surface area contributed by atoms with E-state index < -0.39 is 0 Å². The lowest BCUT2D eigenvalue weighted by atomic mass is 10.0. The second-order valence-corrected chi connectivity index (χ2v) is 8.76. The third kappa shape index (κ3) is 5.00. The Balaban J connectivity index is 1.40. The Hall–Kier alpha value is -2.62. The van der Waals surface area contributed by atoms with Gasteiger partial charge in [-0.2, -0.15) is 0 Å². The molecule has 4 rings (SSSR count). The number of amides is 1. The number of carbonyl (C=O) groups excluding carboxylic acids is 1. The lowest BCUT2D eigenvalue weighted by Crippen LogP contribution is -2.44. The minimum Gasteiger partial charge on any atom is -0.379 e. The predicted octanol–water partition coefficient (Wildman–Crippen LogP) is 3.05. The molecule has 1 aromatic carbocycles. The molecule has 3 heterocycles. The fraction of sp³-hybridized carbons (Fsp3) is 0.409. The van der Waals surface area contributed by atoms with Gasteiger partial charge in [0.25, 0.3) is 0 Å². The quantitative estimate of drug-likeness (QED) is 0.584. The average Bonchev–Trinajstić information content (AvgIpc) is 3.08. The zero-order valence-corrected chi connectivity index (χ0v) is 18.5.